The van der Waals surface area contributed by atoms with E-state index < -0.39 is 0 Å². The Morgan fingerprint density at radius 3 is 1.18 bits per heavy atom. The minimum Gasteiger partial charge on any atom is -0.355 e. The van der Waals surface area contributed by atoms with Gasteiger partial charge in [0.1, 0.15) is 0 Å². The molecule has 4 nitrogen and oxygen atoms in total. The van der Waals surface area contributed by atoms with Crippen LogP contribution in [0.5, 0.6) is 0 Å². The van der Waals surface area contributed by atoms with Gasteiger partial charge in [-0.2, -0.15) is 0 Å². The second-order valence-corrected chi connectivity index (χ2v) is 9.06. The summed E-state index contributed by atoms with van der Waals surface area (Å²) >= 11 is 0. The summed E-state index contributed by atoms with van der Waals surface area (Å²) < 4.78 is 0. The Kier molecular flexibility index (Phi) is 8.26. The second-order valence-electron chi connectivity index (χ2n) is 9.06. The Morgan fingerprint density at radius 2 is 0.769 bits per heavy atom. The van der Waals surface area contributed by atoms with Crippen LogP contribution in [0.4, 0.5) is 0 Å². The maximum atomic E-state index is 4.62. The Labute approximate surface area is 241 Å². The third-order valence-electron chi connectivity index (χ3n) is 6.11. The van der Waals surface area contributed by atoms with E-state index in [1.54, 1.807) is 0 Å². The van der Waals surface area contributed by atoms with Crippen LogP contribution in [0.3, 0.4) is 0 Å². The van der Waals surface area contributed by atoms with Crippen molar-refractivity contribution in [2.45, 2.75) is 0 Å². The molecule has 5 heterocycles. The van der Waals surface area contributed by atoms with Crippen molar-refractivity contribution in [2.24, 2.45) is 0 Å². The number of nitrogens with zero attached hydrogens (tertiary/aromatic N) is 2. The summed E-state index contributed by atoms with van der Waals surface area (Å²) in [5.74, 6) is 0. The fraction of sp³-hybridized carbons (Fsp3) is 0. The van der Waals surface area contributed by atoms with Crippen LogP contribution in [0.25, 0.3) is 58.5 Å². The number of rotatable bonds is 2. The first-order valence-corrected chi connectivity index (χ1v) is 12.6. The smallest absolute Gasteiger partial charge is 0.0659 e. The maximum absolute atomic E-state index is 4.62. The van der Waals surface area contributed by atoms with Crippen molar-refractivity contribution >= 4 is 58.5 Å². The van der Waals surface area contributed by atoms with Crippen LogP contribution in [0.1, 0.15) is 33.9 Å². The van der Waals surface area contributed by atoms with Gasteiger partial charge in [-0.3, -0.25) is 0 Å². The Bertz CT molecular complexity index is 1680. The predicted molar refractivity (Wildman–Crippen MR) is 161 cm³/mol. The van der Waals surface area contributed by atoms with Gasteiger partial charge in [0.05, 0.1) is 22.8 Å². The van der Waals surface area contributed by atoms with Gasteiger partial charge in [0.15, 0.2) is 0 Å². The van der Waals surface area contributed by atoms with Gasteiger partial charge in [-0.1, -0.05) is 72.8 Å². The van der Waals surface area contributed by atoms with Crippen LogP contribution in [-0.4, -0.2) is 19.9 Å². The molecule has 0 saturated heterocycles. The van der Waals surface area contributed by atoms with Crippen molar-refractivity contribution < 1.29 is 21.1 Å². The topological polar surface area (TPSA) is 57.4 Å². The zero-order chi connectivity index (χ0) is 25.6. The van der Waals surface area contributed by atoms with Crippen LogP contribution in [-0.2, 0) is 21.1 Å². The predicted octanol–water partition coefficient (Wildman–Crippen LogP) is 8.51. The van der Waals surface area contributed by atoms with Crippen LogP contribution >= 0.6 is 0 Å². The standard InChI is InChI=1S/C20H14N4.C14H12.Pt/c1-2-14-10-16-5-6-18(23-16)12-20-8-7-19(24-20)11-17-4-3-15(22-17)9-13(1)21-14;1-3-7-13(8-4-1)11-12-14-9-5-2-6-10-14;/h1-12,21-22H;1-12H;/b;12-11+;. The monoisotopic (exact) mass is 685 g/mol. The van der Waals surface area contributed by atoms with Crippen molar-refractivity contribution in [1.29, 1.82) is 0 Å². The van der Waals surface area contributed by atoms with E-state index in [2.05, 4.69) is 86.7 Å². The molecule has 0 aliphatic carbocycles. The SMILES string of the molecule is C(=C\c1ccccc1)/c1ccccc1.C1=Cc2cc3ccc(cc4ccc(cc5nc(cc1n2)C=C5)[nH]4)[nH]3.[Pt]. The van der Waals surface area contributed by atoms with Gasteiger partial charge < -0.3 is 9.97 Å². The molecule has 0 atom stereocenters. The molecule has 2 aromatic carbocycles. The minimum atomic E-state index is 0. The molecular weight excluding hydrogens is 659 g/mol. The van der Waals surface area contributed by atoms with E-state index in [-0.39, 0.29) is 21.1 Å². The van der Waals surface area contributed by atoms with Gasteiger partial charge in [0.25, 0.3) is 0 Å². The molecule has 0 saturated carbocycles. The molecule has 8 bridgehead atoms. The molecule has 0 spiro atoms. The van der Waals surface area contributed by atoms with Crippen molar-refractivity contribution in [2.75, 3.05) is 0 Å². The largest absolute Gasteiger partial charge is 0.355 e. The molecule has 0 unspecified atom stereocenters. The number of nitrogens with one attached hydrogen (secondary N) is 2. The van der Waals surface area contributed by atoms with Crippen molar-refractivity contribution in [1.82, 2.24) is 19.9 Å². The quantitative estimate of drug-likeness (QED) is 0.179. The molecule has 7 rings (SSSR count). The van der Waals surface area contributed by atoms with E-state index in [1.165, 1.54) is 11.1 Å². The first-order chi connectivity index (χ1) is 18.7. The van der Waals surface area contributed by atoms with Crippen LogP contribution in [0.2, 0.25) is 0 Å². The summed E-state index contributed by atoms with van der Waals surface area (Å²) in [5, 5.41) is 0. The van der Waals surface area contributed by atoms with Crippen LogP contribution in [0, 0.1) is 0 Å². The summed E-state index contributed by atoms with van der Waals surface area (Å²) in [5.41, 5.74) is 10.3. The first kappa shape index (κ1) is 26.1. The average molecular weight is 686 g/mol. The number of hydrogen-bond donors (Lipinski definition) is 2. The van der Waals surface area contributed by atoms with E-state index in [4.69, 9.17) is 0 Å². The van der Waals surface area contributed by atoms with E-state index in [0.29, 0.717) is 0 Å². The fourth-order valence-electron chi connectivity index (χ4n) is 4.26. The number of fused-ring (bicyclic) bond motifs is 8. The number of aromatic amines is 2. The molecule has 2 aliphatic rings. The molecule has 0 amide bonds. The molecule has 5 aromatic rings. The zero-order valence-electron chi connectivity index (χ0n) is 21.1. The summed E-state index contributed by atoms with van der Waals surface area (Å²) in [6, 6.07) is 37.0. The number of benzene rings is 2. The van der Waals surface area contributed by atoms with Crippen LogP contribution < -0.4 is 0 Å². The Balaban J connectivity index is 0.000000177. The van der Waals surface area contributed by atoms with Crippen LogP contribution in [0.15, 0.2) is 109 Å². The molecule has 2 N–H and O–H groups in total. The second kappa shape index (κ2) is 12.3. The normalized spacial score (nSPS) is 11.6. The van der Waals surface area contributed by atoms with E-state index >= 15 is 0 Å². The molecule has 5 heteroatoms. The molecule has 0 radical (unpaired) electrons. The molecule has 39 heavy (non-hydrogen) atoms. The summed E-state index contributed by atoms with van der Waals surface area (Å²) in [6.07, 6.45) is 12.3. The molecule has 192 valence electrons. The van der Waals surface area contributed by atoms with Gasteiger partial charge >= 0.3 is 0 Å². The van der Waals surface area contributed by atoms with E-state index in [1.807, 2.05) is 78.9 Å². The van der Waals surface area contributed by atoms with Crippen molar-refractivity contribution in [3.05, 3.63) is 143 Å². The Morgan fingerprint density at radius 1 is 0.410 bits per heavy atom. The summed E-state index contributed by atoms with van der Waals surface area (Å²) in [7, 11) is 0. The number of aromatic nitrogens is 4. The summed E-state index contributed by atoms with van der Waals surface area (Å²) in [6.45, 7) is 0. The fourth-order valence-corrected chi connectivity index (χ4v) is 4.26. The van der Waals surface area contributed by atoms with Crippen molar-refractivity contribution in [3.63, 3.8) is 0 Å². The van der Waals surface area contributed by atoms with Gasteiger partial charge in [0, 0.05) is 43.1 Å². The third-order valence-corrected chi connectivity index (χ3v) is 6.11. The average Bonchev–Trinajstić information content (AvgIpc) is 3.76. The Hall–Kier alpha value is -4.53. The third kappa shape index (κ3) is 7.07. The summed E-state index contributed by atoms with van der Waals surface area (Å²) in [4.78, 5) is 16.0. The van der Waals surface area contributed by atoms with Gasteiger partial charge in [-0.05, 0) is 84.0 Å². The van der Waals surface area contributed by atoms with Gasteiger partial charge in [-0.25, -0.2) is 9.97 Å². The molecule has 2 aliphatic heterocycles. The number of H-pyrrole nitrogens is 2. The first-order valence-electron chi connectivity index (χ1n) is 12.6. The zero-order valence-corrected chi connectivity index (χ0v) is 23.3. The maximum Gasteiger partial charge on any atom is 0.0659 e. The van der Waals surface area contributed by atoms with Gasteiger partial charge in [0.2, 0.25) is 0 Å². The number of hydrogen-bond acceptors (Lipinski definition) is 2. The molecular formula is C34H26N4Pt. The van der Waals surface area contributed by atoms with E-state index in [9.17, 15) is 0 Å². The van der Waals surface area contributed by atoms with Gasteiger partial charge in [-0.15, -0.1) is 0 Å². The van der Waals surface area contributed by atoms with Crippen molar-refractivity contribution in [3.8, 4) is 0 Å². The molecule has 3 aromatic heterocycles. The molecule has 0 fully saturated rings. The minimum absolute atomic E-state index is 0. The van der Waals surface area contributed by atoms with E-state index in [0.717, 1.165) is 44.8 Å².